The Morgan fingerprint density at radius 3 is 2.47 bits per heavy atom. The molecule has 1 heterocycles. The fraction of sp³-hybridized carbons (Fsp3) is 0.120. The number of rotatable bonds is 8. The van der Waals surface area contributed by atoms with E-state index >= 15 is 0 Å². The van der Waals surface area contributed by atoms with Crippen molar-refractivity contribution in [1.29, 1.82) is 0 Å². The fourth-order valence-electron chi connectivity index (χ4n) is 3.67. The maximum atomic E-state index is 14.3. The average Bonchev–Trinajstić information content (AvgIpc) is 2.82. The first-order valence-corrected chi connectivity index (χ1v) is 12.3. The molecule has 0 fully saturated rings. The standard InChI is InChI=1S/C25H19Cl2FN2O3S/c26-20-6-3-15(4-7-20)19-11-18-10-17(5-8-23(18)29-14-19)25(31)22-13-21(28)12-16(24(22)27)2-1-9-30-34(32)33/h3-8,10-14,34H,1-2,9H2,(H,30,32,33). The normalized spacial score (nSPS) is 11.3. The molecule has 1 aromatic heterocycles. The van der Waals surface area contributed by atoms with Gasteiger partial charge in [0.2, 0.25) is 10.9 Å². The first-order valence-electron chi connectivity index (χ1n) is 10.4. The topological polar surface area (TPSA) is 76.1 Å². The molecule has 0 saturated carbocycles. The number of pyridine rings is 1. The zero-order valence-corrected chi connectivity index (χ0v) is 20.1. The van der Waals surface area contributed by atoms with E-state index in [4.69, 9.17) is 23.2 Å². The molecule has 4 rings (SSSR count). The van der Waals surface area contributed by atoms with Gasteiger partial charge in [0.1, 0.15) is 5.82 Å². The van der Waals surface area contributed by atoms with Gasteiger partial charge in [-0.15, -0.1) is 0 Å². The molecule has 3 aromatic carbocycles. The number of halogens is 3. The molecular weight excluding hydrogens is 498 g/mol. The van der Waals surface area contributed by atoms with E-state index in [2.05, 4.69) is 9.71 Å². The number of thiol groups is 1. The molecule has 0 spiro atoms. The third kappa shape index (κ3) is 5.62. The van der Waals surface area contributed by atoms with Gasteiger partial charge in [-0.05, 0) is 72.5 Å². The first-order chi connectivity index (χ1) is 16.3. The van der Waals surface area contributed by atoms with E-state index < -0.39 is 22.5 Å². The van der Waals surface area contributed by atoms with Crippen LogP contribution in [0.1, 0.15) is 27.9 Å². The van der Waals surface area contributed by atoms with Gasteiger partial charge in [-0.2, -0.15) is 0 Å². The zero-order chi connectivity index (χ0) is 24.2. The summed E-state index contributed by atoms with van der Waals surface area (Å²) in [6.45, 7) is 0.197. The number of ketones is 1. The van der Waals surface area contributed by atoms with Crippen LogP contribution in [0, 0.1) is 5.82 Å². The van der Waals surface area contributed by atoms with E-state index in [-0.39, 0.29) is 17.1 Å². The van der Waals surface area contributed by atoms with Crippen molar-refractivity contribution >= 4 is 50.8 Å². The number of nitrogens with zero attached hydrogens (tertiary/aromatic N) is 1. The summed E-state index contributed by atoms with van der Waals surface area (Å²) in [5.41, 5.74) is 3.37. The summed E-state index contributed by atoms with van der Waals surface area (Å²) in [5.74, 6) is -0.997. The van der Waals surface area contributed by atoms with Crippen LogP contribution in [0.15, 0.2) is 66.9 Å². The van der Waals surface area contributed by atoms with Crippen LogP contribution in [-0.4, -0.2) is 25.7 Å². The lowest BCUT2D eigenvalue weighted by atomic mass is 9.97. The maximum absolute atomic E-state index is 14.3. The zero-order valence-electron chi connectivity index (χ0n) is 17.7. The number of nitrogens with one attached hydrogen (secondary N) is 1. The summed E-state index contributed by atoms with van der Waals surface area (Å²) in [5, 5.41) is 1.55. The van der Waals surface area contributed by atoms with Gasteiger partial charge < -0.3 is 0 Å². The second-order valence-corrected chi connectivity index (χ2v) is 9.31. The van der Waals surface area contributed by atoms with Crippen LogP contribution in [-0.2, 0) is 17.3 Å². The Bertz CT molecular complexity index is 1450. The lowest BCUT2D eigenvalue weighted by molar-refractivity contribution is 0.103. The largest absolute Gasteiger partial charge is 0.289 e. The van der Waals surface area contributed by atoms with E-state index in [1.165, 1.54) is 6.07 Å². The molecule has 0 amide bonds. The third-order valence-electron chi connectivity index (χ3n) is 5.34. The molecule has 1 N–H and O–H groups in total. The summed E-state index contributed by atoms with van der Waals surface area (Å²) in [6.07, 6.45) is 2.48. The minimum Gasteiger partial charge on any atom is -0.289 e. The van der Waals surface area contributed by atoms with E-state index in [0.717, 1.165) is 22.6 Å². The molecule has 9 heteroatoms. The molecule has 0 aliphatic heterocycles. The summed E-state index contributed by atoms with van der Waals surface area (Å²) >= 11 is 12.4. The molecular formula is C25H19Cl2FN2O3S. The van der Waals surface area contributed by atoms with Crippen LogP contribution < -0.4 is 4.72 Å². The van der Waals surface area contributed by atoms with Gasteiger partial charge in [-0.25, -0.2) is 17.5 Å². The maximum Gasteiger partial charge on any atom is 0.201 e. The number of fused-ring (bicyclic) bond motifs is 1. The molecule has 0 atom stereocenters. The molecule has 174 valence electrons. The van der Waals surface area contributed by atoms with Crippen molar-refractivity contribution in [2.75, 3.05) is 6.54 Å². The van der Waals surface area contributed by atoms with Crippen LogP contribution >= 0.6 is 23.2 Å². The average molecular weight is 517 g/mol. The van der Waals surface area contributed by atoms with Crippen LogP contribution in [0.2, 0.25) is 10.0 Å². The van der Waals surface area contributed by atoms with E-state index in [1.807, 2.05) is 18.2 Å². The summed E-state index contributed by atoms with van der Waals surface area (Å²) in [6, 6.07) is 16.7. The predicted molar refractivity (Wildman–Crippen MR) is 134 cm³/mol. The molecule has 5 nitrogen and oxygen atoms in total. The van der Waals surface area contributed by atoms with Gasteiger partial charge >= 0.3 is 0 Å². The Morgan fingerprint density at radius 1 is 0.971 bits per heavy atom. The molecule has 0 unspecified atom stereocenters. The van der Waals surface area contributed by atoms with E-state index in [0.29, 0.717) is 34.5 Å². The molecule has 0 bridgehead atoms. The van der Waals surface area contributed by atoms with Gasteiger partial charge in [0.15, 0.2) is 5.78 Å². The van der Waals surface area contributed by atoms with E-state index in [1.54, 1.807) is 36.5 Å². The SMILES string of the molecule is O=C(c1ccc2ncc(-c3ccc(Cl)cc3)cc2c1)c1cc(F)cc(CCCN[SH](=O)=O)c1Cl. The lowest BCUT2D eigenvalue weighted by Gasteiger charge is -2.11. The van der Waals surface area contributed by atoms with Crippen molar-refractivity contribution in [3.63, 3.8) is 0 Å². The van der Waals surface area contributed by atoms with Crippen LogP contribution in [0.5, 0.6) is 0 Å². The fourth-order valence-corrected chi connectivity index (χ4v) is 4.43. The number of benzene rings is 3. The van der Waals surface area contributed by atoms with Crippen molar-refractivity contribution in [3.05, 3.63) is 99.4 Å². The highest BCUT2D eigenvalue weighted by Gasteiger charge is 2.18. The predicted octanol–water partition coefficient (Wildman–Crippen LogP) is 5.63. The van der Waals surface area contributed by atoms with Crippen LogP contribution in [0.25, 0.3) is 22.0 Å². The summed E-state index contributed by atoms with van der Waals surface area (Å²) in [4.78, 5) is 17.7. The summed E-state index contributed by atoms with van der Waals surface area (Å²) in [7, 11) is -2.70. The van der Waals surface area contributed by atoms with Crippen molar-refractivity contribution < 1.29 is 17.6 Å². The molecule has 0 saturated heterocycles. The van der Waals surface area contributed by atoms with Crippen LogP contribution in [0.3, 0.4) is 0 Å². The molecule has 0 aliphatic rings. The minimum atomic E-state index is -2.70. The minimum absolute atomic E-state index is 0.0562. The molecule has 0 aliphatic carbocycles. The van der Waals surface area contributed by atoms with Crippen LogP contribution in [0.4, 0.5) is 4.39 Å². The number of carbonyl (C=O) groups is 1. The van der Waals surface area contributed by atoms with Gasteiger partial charge in [-0.3, -0.25) is 9.78 Å². The highest BCUT2D eigenvalue weighted by molar-refractivity contribution is 7.70. The number of hydrogen-bond donors (Lipinski definition) is 2. The van der Waals surface area contributed by atoms with Crippen molar-refractivity contribution in [3.8, 4) is 11.1 Å². The van der Waals surface area contributed by atoms with Gasteiger partial charge in [-0.1, -0.05) is 35.3 Å². The Labute approximate surface area is 207 Å². The van der Waals surface area contributed by atoms with Gasteiger partial charge in [0.05, 0.1) is 10.5 Å². The Morgan fingerprint density at radius 2 is 1.74 bits per heavy atom. The Kier molecular flexibility index (Phi) is 7.58. The molecule has 34 heavy (non-hydrogen) atoms. The Balaban J connectivity index is 1.64. The number of hydrogen-bond acceptors (Lipinski definition) is 4. The molecule has 4 aromatic rings. The number of aromatic nitrogens is 1. The monoisotopic (exact) mass is 516 g/mol. The first kappa shape index (κ1) is 24.3. The summed E-state index contributed by atoms with van der Waals surface area (Å²) < 4.78 is 37.8. The van der Waals surface area contributed by atoms with E-state index in [9.17, 15) is 17.6 Å². The molecule has 0 radical (unpaired) electrons. The van der Waals surface area contributed by atoms with Crippen molar-refractivity contribution in [2.45, 2.75) is 12.8 Å². The number of aryl methyl sites for hydroxylation is 1. The highest BCUT2D eigenvalue weighted by Crippen LogP contribution is 2.29. The number of carbonyl (C=O) groups excluding carboxylic acids is 1. The second-order valence-electron chi connectivity index (χ2n) is 7.66. The van der Waals surface area contributed by atoms with Crippen molar-refractivity contribution in [2.24, 2.45) is 0 Å². The quantitative estimate of drug-likeness (QED) is 0.181. The van der Waals surface area contributed by atoms with Crippen molar-refractivity contribution in [1.82, 2.24) is 9.71 Å². The third-order valence-corrected chi connectivity index (χ3v) is 6.52. The highest BCUT2D eigenvalue weighted by atomic mass is 35.5. The van der Waals surface area contributed by atoms with Gasteiger partial charge in [0, 0.05) is 39.8 Å². The second kappa shape index (κ2) is 10.6. The lowest BCUT2D eigenvalue weighted by Crippen LogP contribution is -2.13. The smallest absolute Gasteiger partial charge is 0.201 e. The Hall–Kier alpha value is -2.84. The van der Waals surface area contributed by atoms with Gasteiger partial charge in [0.25, 0.3) is 0 Å².